The number of amides is 1. The molecule has 0 bridgehead atoms. The van der Waals surface area contributed by atoms with Crippen molar-refractivity contribution in [3.63, 3.8) is 0 Å². The lowest BCUT2D eigenvalue weighted by Gasteiger charge is -2.25. The van der Waals surface area contributed by atoms with Crippen LogP contribution in [0.5, 0.6) is 0 Å². The zero-order valence-electron chi connectivity index (χ0n) is 11.2. The van der Waals surface area contributed by atoms with Crippen molar-refractivity contribution in [2.24, 2.45) is 17.1 Å². The van der Waals surface area contributed by atoms with Crippen LogP contribution in [0.1, 0.15) is 38.7 Å². The van der Waals surface area contributed by atoms with E-state index in [-0.39, 0.29) is 17.2 Å². The van der Waals surface area contributed by atoms with Crippen molar-refractivity contribution in [2.75, 3.05) is 5.32 Å². The molecule has 0 radical (unpaired) electrons. The highest BCUT2D eigenvalue weighted by Gasteiger charge is 2.39. The van der Waals surface area contributed by atoms with Gasteiger partial charge in [0.25, 0.3) is 0 Å². The van der Waals surface area contributed by atoms with E-state index in [0.29, 0.717) is 6.54 Å². The van der Waals surface area contributed by atoms with E-state index in [9.17, 15) is 4.79 Å². The Morgan fingerprint density at radius 3 is 2.89 bits per heavy atom. The van der Waals surface area contributed by atoms with E-state index in [4.69, 9.17) is 5.73 Å². The van der Waals surface area contributed by atoms with Crippen LogP contribution in [0.4, 0.5) is 5.69 Å². The molecule has 1 atom stereocenters. The first kappa shape index (κ1) is 13.1. The van der Waals surface area contributed by atoms with E-state index < -0.39 is 0 Å². The van der Waals surface area contributed by atoms with Crippen molar-refractivity contribution >= 4 is 11.6 Å². The van der Waals surface area contributed by atoms with Crippen LogP contribution >= 0.6 is 0 Å². The fourth-order valence-corrected chi connectivity index (χ4v) is 2.82. The first-order valence-corrected chi connectivity index (χ1v) is 6.63. The molecule has 1 unspecified atom stereocenters. The molecule has 1 aromatic carbocycles. The summed E-state index contributed by atoms with van der Waals surface area (Å²) in [7, 11) is 0. The molecule has 0 aromatic heterocycles. The number of carbonyl (C=O) groups excluding carboxylic acids is 1. The molecule has 3 N–H and O–H groups in total. The fourth-order valence-electron chi connectivity index (χ4n) is 2.82. The molecular formula is C15H22N2O. The highest BCUT2D eigenvalue weighted by molar-refractivity contribution is 5.93. The average Bonchev–Trinajstić information content (AvgIpc) is 2.69. The highest BCUT2D eigenvalue weighted by atomic mass is 16.1. The standard InChI is InChI=1S/C15H22N2O/c1-15(2)8-4-7-13(15)14(18)17-12-6-3-5-11(9-12)10-16/h3,5-6,9,13H,4,7-8,10,16H2,1-2H3,(H,17,18). The molecule has 98 valence electrons. The van der Waals surface area contributed by atoms with Crippen molar-refractivity contribution in [3.05, 3.63) is 29.8 Å². The van der Waals surface area contributed by atoms with Gasteiger partial charge in [-0.2, -0.15) is 0 Å². The van der Waals surface area contributed by atoms with Crippen molar-refractivity contribution in [1.29, 1.82) is 0 Å². The van der Waals surface area contributed by atoms with E-state index >= 15 is 0 Å². The van der Waals surface area contributed by atoms with Gasteiger partial charge in [-0.25, -0.2) is 0 Å². The third-order valence-electron chi connectivity index (χ3n) is 4.00. The molecule has 0 spiro atoms. The summed E-state index contributed by atoms with van der Waals surface area (Å²) in [4.78, 5) is 12.3. The first-order valence-electron chi connectivity index (χ1n) is 6.63. The van der Waals surface area contributed by atoms with Gasteiger partial charge in [0.15, 0.2) is 0 Å². The molecule has 1 aromatic rings. The normalized spacial score (nSPS) is 21.8. The van der Waals surface area contributed by atoms with Crippen LogP contribution in [0, 0.1) is 11.3 Å². The summed E-state index contributed by atoms with van der Waals surface area (Å²) in [6, 6.07) is 7.76. The number of rotatable bonds is 3. The Hall–Kier alpha value is -1.35. The molecule has 1 fully saturated rings. The average molecular weight is 246 g/mol. The number of nitrogens with one attached hydrogen (secondary N) is 1. The minimum absolute atomic E-state index is 0.121. The quantitative estimate of drug-likeness (QED) is 0.861. The zero-order chi connectivity index (χ0) is 13.2. The number of nitrogens with two attached hydrogens (primary N) is 1. The maximum absolute atomic E-state index is 12.3. The second kappa shape index (κ2) is 5.11. The SMILES string of the molecule is CC1(C)CCCC1C(=O)Nc1cccc(CN)c1. The molecule has 1 saturated carbocycles. The van der Waals surface area contributed by atoms with Crippen LogP contribution in [0.3, 0.4) is 0 Å². The van der Waals surface area contributed by atoms with Gasteiger partial charge in [-0.15, -0.1) is 0 Å². The van der Waals surface area contributed by atoms with Gasteiger partial charge in [0.1, 0.15) is 0 Å². The second-order valence-electron chi connectivity index (χ2n) is 5.83. The number of hydrogen-bond donors (Lipinski definition) is 2. The molecule has 3 nitrogen and oxygen atoms in total. The van der Waals surface area contributed by atoms with Crippen LogP contribution in [0.15, 0.2) is 24.3 Å². The van der Waals surface area contributed by atoms with Crippen LogP contribution in [-0.4, -0.2) is 5.91 Å². The van der Waals surface area contributed by atoms with Crippen molar-refractivity contribution < 1.29 is 4.79 Å². The summed E-state index contributed by atoms with van der Waals surface area (Å²) in [5, 5.41) is 3.02. The predicted octanol–water partition coefficient (Wildman–Crippen LogP) is 2.91. The summed E-state index contributed by atoms with van der Waals surface area (Å²) < 4.78 is 0. The minimum atomic E-state index is 0.121. The van der Waals surface area contributed by atoms with Crippen LogP contribution < -0.4 is 11.1 Å². The second-order valence-corrected chi connectivity index (χ2v) is 5.83. The highest BCUT2D eigenvalue weighted by Crippen LogP contribution is 2.43. The minimum Gasteiger partial charge on any atom is -0.326 e. The molecular weight excluding hydrogens is 224 g/mol. The Morgan fingerprint density at radius 2 is 2.28 bits per heavy atom. The summed E-state index contributed by atoms with van der Waals surface area (Å²) in [6.07, 6.45) is 3.28. The topological polar surface area (TPSA) is 55.1 Å². The Balaban J connectivity index is 2.07. The summed E-state index contributed by atoms with van der Waals surface area (Å²) >= 11 is 0. The Morgan fingerprint density at radius 1 is 1.50 bits per heavy atom. The molecule has 2 rings (SSSR count). The molecule has 0 aliphatic heterocycles. The molecule has 18 heavy (non-hydrogen) atoms. The third kappa shape index (κ3) is 2.72. The van der Waals surface area contributed by atoms with E-state index in [2.05, 4.69) is 19.2 Å². The van der Waals surface area contributed by atoms with Crippen LogP contribution in [0.2, 0.25) is 0 Å². The van der Waals surface area contributed by atoms with Gasteiger partial charge in [0, 0.05) is 18.2 Å². The number of carbonyl (C=O) groups is 1. The summed E-state index contributed by atoms with van der Waals surface area (Å²) in [6.45, 7) is 4.86. The number of hydrogen-bond acceptors (Lipinski definition) is 2. The maximum atomic E-state index is 12.3. The number of benzene rings is 1. The van der Waals surface area contributed by atoms with Crippen LogP contribution in [0.25, 0.3) is 0 Å². The summed E-state index contributed by atoms with van der Waals surface area (Å²) in [5.41, 5.74) is 7.62. The van der Waals surface area contributed by atoms with E-state index in [1.54, 1.807) is 0 Å². The monoisotopic (exact) mass is 246 g/mol. The van der Waals surface area contributed by atoms with Gasteiger partial charge in [-0.3, -0.25) is 4.79 Å². The number of anilines is 1. The van der Waals surface area contributed by atoms with Gasteiger partial charge in [0.05, 0.1) is 0 Å². The summed E-state index contributed by atoms with van der Waals surface area (Å²) in [5.74, 6) is 0.269. The van der Waals surface area contributed by atoms with Crippen molar-refractivity contribution in [2.45, 2.75) is 39.7 Å². The van der Waals surface area contributed by atoms with Crippen molar-refractivity contribution in [1.82, 2.24) is 0 Å². The molecule has 1 aliphatic rings. The lowest BCUT2D eigenvalue weighted by Crippen LogP contribution is -2.30. The van der Waals surface area contributed by atoms with Crippen LogP contribution in [-0.2, 0) is 11.3 Å². The molecule has 1 aliphatic carbocycles. The van der Waals surface area contributed by atoms with Gasteiger partial charge in [0.2, 0.25) is 5.91 Å². The van der Waals surface area contributed by atoms with Crippen molar-refractivity contribution in [3.8, 4) is 0 Å². The predicted molar refractivity (Wildman–Crippen MR) is 74.1 cm³/mol. The molecule has 0 saturated heterocycles. The smallest absolute Gasteiger partial charge is 0.228 e. The van der Waals surface area contributed by atoms with Gasteiger partial charge in [-0.1, -0.05) is 32.4 Å². The first-order chi connectivity index (χ1) is 8.53. The zero-order valence-corrected chi connectivity index (χ0v) is 11.2. The Kier molecular flexibility index (Phi) is 3.71. The lowest BCUT2D eigenvalue weighted by atomic mass is 9.81. The molecule has 3 heteroatoms. The van der Waals surface area contributed by atoms with Gasteiger partial charge in [-0.05, 0) is 36.0 Å². The van der Waals surface area contributed by atoms with E-state index in [1.807, 2.05) is 24.3 Å². The lowest BCUT2D eigenvalue weighted by molar-refractivity contribution is -0.122. The molecule has 1 amide bonds. The Bertz CT molecular complexity index is 440. The van der Waals surface area contributed by atoms with Gasteiger partial charge < -0.3 is 11.1 Å². The third-order valence-corrected chi connectivity index (χ3v) is 4.00. The fraction of sp³-hybridized carbons (Fsp3) is 0.533. The molecule has 0 heterocycles. The van der Waals surface area contributed by atoms with E-state index in [1.165, 1.54) is 0 Å². The van der Waals surface area contributed by atoms with E-state index in [0.717, 1.165) is 30.5 Å². The largest absolute Gasteiger partial charge is 0.326 e. The maximum Gasteiger partial charge on any atom is 0.228 e. The Labute approximate surface area is 109 Å². The van der Waals surface area contributed by atoms with Gasteiger partial charge >= 0.3 is 0 Å².